The van der Waals surface area contributed by atoms with Crippen molar-refractivity contribution < 1.29 is 9.59 Å². The van der Waals surface area contributed by atoms with E-state index in [-0.39, 0.29) is 11.9 Å². The molecule has 3 amide bonds. The fraction of sp³-hybridized carbons (Fsp3) is 0.778. The van der Waals surface area contributed by atoms with E-state index >= 15 is 0 Å². The van der Waals surface area contributed by atoms with Crippen molar-refractivity contribution in [1.29, 1.82) is 0 Å². The van der Waals surface area contributed by atoms with E-state index in [1.807, 2.05) is 6.92 Å². The molecule has 1 saturated heterocycles. The van der Waals surface area contributed by atoms with Crippen LogP contribution in [0.15, 0.2) is 0 Å². The summed E-state index contributed by atoms with van der Waals surface area (Å²) in [6.45, 7) is 4.18. The predicted octanol–water partition coefficient (Wildman–Crippen LogP) is 0.979. The number of hydrogen-bond acceptors (Lipinski definition) is 3. The zero-order valence-electron chi connectivity index (χ0n) is 8.78. The maximum Gasteiger partial charge on any atom is 0.327 e. The van der Waals surface area contributed by atoms with Crippen LogP contribution in [-0.4, -0.2) is 46.6 Å². The van der Waals surface area contributed by atoms with Crippen LogP contribution < -0.4 is 0 Å². The molecule has 1 unspecified atom stereocenters. The number of hydrogen-bond donors (Lipinski definition) is 1. The molecule has 14 heavy (non-hydrogen) atoms. The second kappa shape index (κ2) is 3.81. The van der Waals surface area contributed by atoms with E-state index in [2.05, 4.69) is 12.6 Å². The van der Waals surface area contributed by atoms with Crippen molar-refractivity contribution in [2.45, 2.75) is 25.8 Å². The number of urea groups is 1. The summed E-state index contributed by atoms with van der Waals surface area (Å²) >= 11 is 4.13. The number of carbonyl (C=O) groups is 2. The number of thiol groups is 1. The van der Waals surface area contributed by atoms with E-state index in [9.17, 15) is 9.59 Å². The van der Waals surface area contributed by atoms with Crippen molar-refractivity contribution in [1.82, 2.24) is 9.80 Å². The van der Waals surface area contributed by atoms with Gasteiger partial charge in [-0.05, 0) is 13.3 Å². The van der Waals surface area contributed by atoms with Gasteiger partial charge in [0.25, 0.3) is 5.91 Å². The summed E-state index contributed by atoms with van der Waals surface area (Å²) in [6.07, 6.45) is 0.786. The largest absolute Gasteiger partial charge is 0.327 e. The molecule has 4 nitrogen and oxygen atoms in total. The third-order valence-corrected chi connectivity index (χ3v) is 3.33. The molecule has 1 heterocycles. The van der Waals surface area contributed by atoms with Crippen LogP contribution in [0.25, 0.3) is 0 Å². The van der Waals surface area contributed by atoms with Crippen molar-refractivity contribution in [2.75, 3.05) is 19.3 Å². The third kappa shape index (κ3) is 1.39. The van der Waals surface area contributed by atoms with E-state index in [4.69, 9.17) is 0 Å². The van der Waals surface area contributed by atoms with Gasteiger partial charge in [0.1, 0.15) is 5.54 Å². The second-order valence-electron chi connectivity index (χ2n) is 3.73. The number of imide groups is 1. The Labute approximate surface area is 89.7 Å². The van der Waals surface area contributed by atoms with Gasteiger partial charge >= 0.3 is 6.03 Å². The van der Waals surface area contributed by atoms with Crippen molar-refractivity contribution in [3.05, 3.63) is 0 Å². The summed E-state index contributed by atoms with van der Waals surface area (Å²) in [5.41, 5.74) is -0.768. The minimum Gasteiger partial charge on any atom is -0.312 e. The summed E-state index contributed by atoms with van der Waals surface area (Å²) in [7, 11) is 1.64. The molecule has 1 aliphatic rings. The van der Waals surface area contributed by atoms with Crippen LogP contribution in [-0.2, 0) is 4.79 Å². The van der Waals surface area contributed by atoms with Crippen LogP contribution in [0, 0.1) is 0 Å². The van der Waals surface area contributed by atoms with E-state index in [0.29, 0.717) is 12.3 Å². The predicted molar refractivity (Wildman–Crippen MR) is 57.4 cm³/mol. The lowest BCUT2D eigenvalue weighted by Crippen LogP contribution is -2.46. The fourth-order valence-corrected chi connectivity index (χ4v) is 1.86. The molecule has 1 rings (SSSR count). The molecule has 0 radical (unpaired) electrons. The Bertz CT molecular complexity index is 270. The number of likely N-dealkylation sites (N-methyl/N-ethyl adjacent to an activating group) is 1. The van der Waals surface area contributed by atoms with E-state index in [0.717, 1.165) is 6.42 Å². The fourth-order valence-electron chi connectivity index (χ4n) is 1.51. The normalized spacial score (nSPS) is 27.7. The summed E-state index contributed by atoms with van der Waals surface area (Å²) in [6, 6.07) is -0.214. The van der Waals surface area contributed by atoms with Gasteiger partial charge in [-0.15, -0.1) is 0 Å². The monoisotopic (exact) mass is 216 g/mol. The zero-order chi connectivity index (χ0) is 10.9. The smallest absolute Gasteiger partial charge is 0.312 e. The lowest BCUT2D eigenvalue weighted by Gasteiger charge is -2.25. The Kier molecular flexibility index (Phi) is 3.09. The van der Waals surface area contributed by atoms with E-state index in [1.165, 1.54) is 9.80 Å². The van der Waals surface area contributed by atoms with Gasteiger partial charge in [-0.3, -0.25) is 9.69 Å². The first-order valence-corrected chi connectivity index (χ1v) is 5.33. The van der Waals surface area contributed by atoms with Crippen LogP contribution in [0.5, 0.6) is 0 Å². The molecule has 80 valence electrons. The molecule has 0 aromatic rings. The lowest BCUT2D eigenvalue weighted by atomic mass is 10.0. The average molecular weight is 216 g/mol. The molecule has 0 saturated carbocycles. The molecule has 1 atom stereocenters. The van der Waals surface area contributed by atoms with Gasteiger partial charge in [-0.2, -0.15) is 12.6 Å². The first-order chi connectivity index (χ1) is 6.49. The first kappa shape index (κ1) is 11.4. The van der Waals surface area contributed by atoms with Crippen LogP contribution in [0.4, 0.5) is 4.79 Å². The molecule has 1 fully saturated rings. The highest BCUT2D eigenvalue weighted by Crippen LogP contribution is 2.27. The molecular formula is C9H16N2O2S. The third-order valence-electron chi connectivity index (χ3n) is 2.72. The number of nitrogens with zero attached hydrogens (tertiary/aromatic N) is 2. The van der Waals surface area contributed by atoms with Gasteiger partial charge in [0, 0.05) is 19.3 Å². The van der Waals surface area contributed by atoms with Gasteiger partial charge in [0.15, 0.2) is 0 Å². The lowest BCUT2D eigenvalue weighted by molar-refractivity contribution is -0.131. The van der Waals surface area contributed by atoms with Crippen LogP contribution in [0.3, 0.4) is 0 Å². The van der Waals surface area contributed by atoms with Crippen LogP contribution >= 0.6 is 12.6 Å². The molecule has 0 aromatic heterocycles. The van der Waals surface area contributed by atoms with Crippen molar-refractivity contribution in [2.24, 2.45) is 0 Å². The van der Waals surface area contributed by atoms with E-state index < -0.39 is 5.54 Å². The number of carbonyl (C=O) groups excluding carboxylic acids is 2. The van der Waals surface area contributed by atoms with E-state index in [1.54, 1.807) is 14.0 Å². The molecular weight excluding hydrogens is 200 g/mol. The molecule has 1 aliphatic heterocycles. The van der Waals surface area contributed by atoms with Gasteiger partial charge < -0.3 is 4.90 Å². The van der Waals surface area contributed by atoms with Crippen molar-refractivity contribution >= 4 is 24.6 Å². The highest BCUT2D eigenvalue weighted by atomic mass is 32.1. The van der Waals surface area contributed by atoms with Crippen LogP contribution in [0.1, 0.15) is 20.3 Å². The molecule has 0 N–H and O–H groups in total. The minimum absolute atomic E-state index is 0.137. The van der Waals surface area contributed by atoms with Crippen molar-refractivity contribution in [3.8, 4) is 0 Å². The molecule has 5 heteroatoms. The maximum atomic E-state index is 11.9. The molecule has 0 aromatic carbocycles. The van der Waals surface area contributed by atoms with Gasteiger partial charge in [0.05, 0.1) is 0 Å². The van der Waals surface area contributed by atoms with Gasteiger partial charge in [-0.25, -0.2) is 4.79 Å². The highest BCUT2D eigenvalue weighted by Gasteiger charge is 2.51. The summed E-state index contributed by atoms with van der Waals surface area (Å²) in [5, 5.41) is 0. The Balaban J connectivity index is 2.97. The molecule has 0 bridgehead atoms. The quantitative estimate of drug-likeness (QED) is 0.564. The number of amides is 3. The van der Waals surface area contributed by atoms with Gasteiger partial charge in [-0.1, -0.05) is 6.92 Å². The Morgan fingerprint density at radius 3 is 2.36 bits per heavy atom. The van der Waals surface area contributed by atoms with Gasteiger partial charge in [0.2, 0.25) is 0 Å². The maximum absolute atomic E-state index is 11.9. The SMILES string of the molecule is CCCN1C(=O)N(C)C(C)(CS)C1=O. The van der Waals surface area contributed by atoms with Crippen molar-refractivity contribution in [3.63, 3.8) is 0 Å². The first-order valence-electron chi connectivity index (χ1n) is 4.69. The summed E-state index contributed by atoms with van der Waals surface area (Å²) in [5.74, 6) is 0.218. The summed E-state index contributed by atoms with van der Waals surface area (Å²) < 4.78 is 0. The minimum atomic E-state index is -0.768. The summed E-state index contributed by atoms with van der Waals surface area (Å²) in [4.78, 5) is 26.3. The Morgan fingerprint density at radius 2 is 2.00 bits per heavy atom. The highest BCUT2D eigenvalue weighted by molar-refractivity contribution is 7.80. The van der Waals surface area contributed by atoms with Crippen LogP contribution in [0.2, 0.25) is 0 Å². The topological polar surface area (TPSA) is 40.6 Å². The average Bonchev–Trinajstić information content (AvgIpc) is 2.34. The molecule has 0 spiro atoms. The second-order valence-corrected chi connectivity index (χ2v) is 4.05. The Hall–Kier alpha value is -0.710. The zero-order valence-corrected chi connectivity index (χ0v) is 9.67. The Morgan fingerprint density at radius 1 is 1.43 bits per heavy atom. The standard InChI is InChI=1S/C9H16N2O2S/c1-4-5-11-7(12)9(2,6-14)10(3)8(11)13/h14H,4-6H2,1-3H3. The number of rotatable bonds is 3. The molecule has 0 aliphatic carbocycles.